The SMILES string of the molecule is CCC(CC)(CC)NCCC(=O)SCCOCCOP(N(C(C)C)C(C)C)N(C(C)C)C(C)C. The number of rotatable bonds is 20. The van der Waals surface area contributed by atoms with Crippen molar-refractivity contribution in [3.05, 3.63) is 0 Å². The summed E-state index contributed by atoms with van der Waals surface area (Å²) < 4.78 is 17.2. The quantitative estimate of drug-likeness (QED) is 0.141. The molecule has 0 fully saturated rings. The van der Waals surface area contributed by atoms with Crippen molar-refractivity contribution in [2.45, 2.75) is 132 Å². The normalized spacial score (nSPS) is 13.1. The topological polar surface area (TPSA) is 54.0 Å². The fraction of sp³-hybridized carbons (Fsp3) is 0.962. The summed E-state index contributed by atoms with van der Waals surface area (Å²) in [6.45, 7) is 27.0. The Hall–Kier alpha value is 0.250. The highest BCUT2D eigenvalue weighted by Gasteiger charge is 2.34. The van der Waals surface area contributed by atoms with Gasteiger partial charge in [-0.1, -0.05) is 32.5 Å². The van der Waals surface area contributed by atoms with E-state index in [2.05, 4.69) is 90.8 Å². The third-order valence-electron chi connectivity index (χ3n) is 6.30. The Morgan fingerprint density at radius 2 is 1.29 bits per heavy atom. The molecule has 0 amide bonds. The Balaban J connectivity index is 4.44. The molecule has 8 heteroatoms. The Labute approximate surface area is 217 Å². The van der Waals surface area contributed by atoms with Crippen LogP contribution in [0.15, 0.2) is 0 Å². The summed E-state index contributed by atoms with van der Waals surface area (Å²) in [5.41, 5.74) is 0.175. The van der Waals surface area contributed by atoms with Gasteiger partial charge in [-0.2, -0.15) is 0 Å². The molecule has 204 valence electrons. The monoisotopic (exact) mass is 521 g/mol. The lowest BCUT2D eigenvalue weighted by Crippen LogP contribution is -2.44. The molecule has 0 rings (SSSR count). The molecule has 6 nitrogen and oxygen atoms in total. The van der Waals surface area contributed by atoms with Gasteiger partial charge in [0.25, 0.3) is 0 Å². The van der Waals surface area contributed by atoms with E-state index in [1.807, 2.05) is 0 Å². The second-order valence-corrected chi connectivity index (χ2v) is 12.9. The summed E-state index contributed by atoms with van der Waals surface area (Å²) in [6.07, 6.45) is 3.85. The van der Waals surface area contributed by atoms with E-state index in [4.69, 9.17) is 9.26 Å². The van der Waals surface area contributed by atoms with Crippen LogP contribution in [-0.4, -0.2) is 76.3 Å². The Kier molecular flexibility index (Phi) is 18.6. The summed E-state index contributed by atoms with van der Waals surface area (Å²) in [6, 6.07) is 1.62. The van der Waals surface area contributed by atoms with Crippen LogP contribution in [0.5, 0.6) is 0 Å². The van der Waals surface area contributed by atoms with Crippen LogP contribution in [0, 0.1) is 0 Å². The van der Waals surface area contributed by atoms with Crippen LogP contribution in [-0.2, 0) is 14.1 Å². The standard InChI is InChI=1S/C26H56N3O3PS/c1-12-26(13-2,14-3)27-16-15-25(30)34-20-19-31-17-18-32-33(28(21(4)5)22(6)7)29(23(8)9)24(10)11/h21-24,27H,12-20H2,1-11H3. The van der Waals surface area contributed by atoms with E-state index in [9.17, 15) is 4.79 Å². The van der Waals surface area contributed by atoms with E-state index >= 15 is 0 Å². The number of hydrogen-bond acceptors (Lipinski definition) is 7. The third kappa shape index (κ3) is 12.5. The summed E-state index contributed by atoms with van der Waals surface area (Å²) >= 11 is 1.38. The van der Waals surface area contributed by atoms with E-state index in [1.54, 1.807) is 0 Å². The molecule has 0 aliphatic heterocycles. The molecule has 0 saturated heterocycles. The summed E-state index contributed by atoms with van der Waals surface area (Å²) in [7, 11) is -0.881. The van der Waals surface area contributed by atoms with Gasteiger partial charge in [0.1, 0.15) is 0 Å². The van der Waals surface area contributed by atoms with Gasteiger partial charge in [0.05, 0.1) is 19.8 Å². The molecule has 0 aromatic heterocycles. The largest absolute Gasteiger partial charge is 0.378 e. The Bertz CT molecular complexity index is 487. The van der Waals surface area contributed by atoms with Crippen LogP contribution >= 0.6 is 20.2 Å². The van der Waals surface area contributed by atoms with Gasteiger partial charge in [0.2, 0.25) is 0 Å². The minimum Gasteiger partial charge on any atom is -0.378 e. The van der Waals surface area contributed by atoms with Crippen molar-refractivity contribution < 1.29 is 14.1 Å². The molecule has 0 bridgehead atoms. The van der Waals surface area contributed by atoms with Gasteiger partial charge in [-0.25, -0.2) is 9.34 Å². The highest BCUT2D eigenvalue weighted by molar-refractivity contribution is 8.13. The van der Waals surface area contributed by atoms with Crippen molar-refractivity contribution in [2.24, 2.45) is 0 Å². The molecule has 1 N–H and O–H groups in total. The summed E-state index contributed by atoms with van der Waals surface area (Å²) in [4.78, 5) is 12.2. The molecule has 0 aromatic rings. The van der Waals surface area contributed by atoms with Gasteiger partial charge in [0, 0.05) is 48.4 Å². The van der Waals surface area contributed by atoms with Crippen LogP contribution in [0.4, 0.5) is 0 Å². The number of hydrogen-bond donors (Lipinski definition) is 1. The number of nitrogens with one attached hydrogen (secondary N) is 1. The second-order valence-electron chi connectivity index (χ2n) is 10.1. The van der Waals surface area contributed by atoms with Gasteiger partial charge >= 0.3 is 0 Å². The van der Waals surface area contributed by atoms with Crippen molar-refractivity contribution in [3.63, 3.8) is 0 Å². The zero-order valence-electron chi connectivity index (χ0n) is 24.1. The zero-order valence-corrected chi connectivity index (χ0v) is 25.9. The second kappa shape index (κ2) is 18.5. The first kappa shape index (κ1) is 34.2. The molecule has 0 spiro atoms. The van der Waals surface area contributed by atoms with Gasteiger partial charge < -0.3 is 14.6 Å². The van der Waals surface area contributed by atoms with Crippen LogP contribution in [0.1, 0.15) is 102 Å². The predicted molar refractivity (Wildman–Crippen MR) is 152 cm³/mol. The van der Waals surface area contributed by atoms with Gasteiger partial charge in [-0.05, 0) is 74.7 Å². The molecule has 0 aliphatic rings. The van der Waals surface area contributed by atoms with Crippen LogP contribution < -0.4 is 5.32 Å². The molecule has 0 atom stereocenters. The highest BCUT2D eigenvalue weighted by atomic mass is 32.2. The first-order valence-corrected chi connectivity index (χ1v) is 15.6. The molecule has 34 heavy (non-hydrogen) atoms. The lowest BCUT2D eigenvalue weighted by Gasteiger charge is -2.45. The van der Waals surface area contributed by atoms with Crippen LogP contribution in [0.3, 0.4) is 0 Å². The number of thioether (sulfide) groups is 1. The smallest absolute Gasteiger partial charge is 0.190 e. The Morgan fingerprint density at radius 1 is 0.824 bits per heavy atom. The van der Waals surface area contributed by atoms with Crippen molar-refractivity contribution in [3.8, 4) is 0 Å². The summed E-state index contributed by atoms with van der Waals surface area (Å²) in [5, 5.41) is 3.84. The molecule has 0 aliphatic carbocycles. The lowest BCUT2D eigenvalue weighted by molar-refractivity contribution is -0.111. The van der Waals surface area contributed by atoms with E-state index < -0.39 is 8.45 Å². The predicted octanol–water partition coefficient (Wildman–Crippen LogP) is 6.69. The molecule has 0 aromatic carbocycles. The lowest BCUT2D eigenvalue weighted by atomic mass is 9.90. The average Bonchev–Trinajstić information content (AvgIpc) is 2.75. The van der Waals surface area contributed by atoms with Crippen LogP contribution in [0.25, 0.3) is 0 Å². The first-order valence-electron chi connectivity index (χ1n) is 13.4. The maximum absolute atomic E-state index is 12.2. The maximum Gasteiger partial charge on any atom is 0.190 e. The first-order chi connectivity index (χ1) is 16.0. The average molecular weight is 522 g/mol. The van der Waals surface area contributed by atoms with Gasteiger partial charge in [-0.3, -0.25) is 4.79 Å². The molecule has 0 saturated carbocycles. The van der Waals surface area contributed by atoms with E-state index in [0.717, 1.165) is 25.8 Å². The molecule has 0 unspecified atom stereocenters. The van der Waals surface area contributed by atoms with E-state index in [-0.39, 0.29) is 10.7 Å². The molecular formula is C26H56N3O3PS. The zero-order chi connectivity index (χ0) is 26.3. The van der Waals surface area contributed by atoms with Gasteiger partial charge in [-0.15, -0.1) is 0 Å². The fourth-order valence-corrected chi connectivity index (χ4v) is 7.36. The van der Waals surface area contributed by atoms with Crippen LogP contribution in [0.2, 0.25) is 0 Å². The number of carbonyl (C=O) groups excluding carboxylic acids is 1. The number of nitrogens with zero attached hydrogens (tertiary/aromatic N) is 2. The molecular weight excluding hydrogens is 465 g/mol. The van der Waals surface area contributed by atoms with E-state index in [0.29, 0.717) is 56.2 Å². The number of carbonyl (C=O) groups is 1. The van der Waals surface area contributed by atoms with Crippen molar-refractivity contribution in [2.75, 3.05) is 32.1 Å². The van der Waals surface area contributed by atoms with Crippen molar-refractivity contribution in [1.29, 1.82) is 0 Å². The van der Waals surface area contributed by atoms with E-state index in [1.165, 1.54) is 11.8 Å². The number of ether oxygens (including phenoxy) is 1. The Morgan fingerprint density at radius 3 is 1.71 bits per heavy atom. The fourth-order valence-electron chi connectivity index (χ4n) is 4.36. The highest BCUT2D eigenvalue weighted by Crippen LogP contribution is 2.50. The molecule has 0 heterocycles. The summed E-state index contributed by atoms with van der Waals surface area (Å²) in [5.74, 6) is 0.697. The maximum atomic E-state index is 12.2. The minimum absolute atomic E-state index is 0.175. The van der Waals surface area contributed by atoms with Gasteiger partial charge in [0.15, 0.2) is 13.6 Å². The van der Waals surface area contributed by atoms with Crippen molar-refractivity contribution >= 4 is 25.3 Å². The van der Waals surface area contributed by atoms with Crippen molar-refractivity contribution in [1.82, 2.24) is 14.7 Å². The third-order valence-corrected chi connectivity index (χ3v) is 10.2. The molecule has 0 radical (unpaired) electrons. The minimum atomic E-state index is -0.881.